The van der Waals surface area contributed by atoms with E-state index in [9.17, 15) is 0 Å². The molecule has 108 valence electrons. The Morgan fingerprint density at radius 3 is 2.76 bits per heavy atom. The van der Waals surface area contributed by atoms with Crippen molar-refractivity contribution in [3.8, 4) is 10.4 Å². The van der Waals surface area contributed by atoms with E-state index in [2.05, 4.69) is 27.3 Å². The van der Waals surface area contributed by atoms with Crippen LogP contribution in [0.15, 0.2) is 41.7 Å². The molecule has 0 saturated carbocycles. The molecular formula is C14H14N4OS2. The van der Waals surface area contributed by atoms with Gasteiger partial charge >= 0.3 is 0 Å². The maximum Gasteiger partial charge on any atom is 0.191 e. The van der Waals surface area contributed by atoms with Crippen molar-refractivity contribution in [2.45, 2.75) is 17.5 Å². The molecule has 3 rings (SSSR count). The number of aromatic nitrogens is 4. The molecule has 0 amide bonds. The lowest BCUT2D eigenvalue weighted by Gasteiger charge is -2.00. The fourth-order valence-corrected chi connectivity index (χ4v) is 3.70. The van der Waals surface area contributed by atoms with Gasteiger partial charge in [0.2, 0.25) is 0 Å². The first-order chi connectivity index (χ1) is 10.3. The number of benzene rings is 1. The lowest BCUT2D eigenvalue weighted by molar-refractivity contribution is 0.266. The third-order valence-electron chi connectivity index (χ3n) is 3.00. The van der Waals surface area contributed by atoms with Crippen LogP contribution in [-0.4, -0.2) is 24.9 Å². The second-order valence-corrected chi connectivity index (χ2v) is 6.45. The number of hydrogen-bond donors (Lipinski definition) is 1. The Labute approximate surface area is 130 Å². The van der Waals surface area contributed by atoms with E-state index >= 15 is 0 Å². The van der Waals surface area contributed by atoms with E-state index < -0.39 is 0 Å². The monoisotopic (exact) mass is 318 g/mol. The third-order valence-corrected chi connectivity index (χ3v) is 5.26. The highest BCUT2D eigenvalue weighted by Crippen LogP contribution is 2.29. The zero-order valence-electron chi connectivity index (χ0n) is 11.4. The third kappa shape index (κ3) is 3.15. The molecular weight excluding hydrogens is 304 g/mol. The Bertz CT molecular complexity index is 724. The first kappa shape index (κ1) is 14.2. The molecule has 21 heavy (non-hydrogen) atoms. The minimum absolute atomic E-state index is 0.0978. The van der Waals surface area contributed by atoms with Gasteiger partial charge in [-0.2, -0.15) is 0 Å². The highest BCUT2D eigenvalue weighted by molar-refractivity contribution is 7.98. The second kappa shape index (κ2) is 6.38. The number of thiazole rings is 1. The van der Waals surface area contributed by atoms with Crippen LogP contribution in [0, 0.1) is 0 Å². The molecule has 0 fully saturated rings. The van der Waals surface area contributed by atoms with Crippen LogP contribution in [0.2, 0.25) is 0 Å². The van der Waals surface area contributed by atoms with Crippen molar-refractivity contribution in [1.82, 2.24) is 19.7 Å². The van der Waals surface area contributed by atoms with E-state index in [0.717, 1.165) is 15.9 Å². The number of thioether (sulfide) groups is 1. The SMILES string of the molecule is Cn1c(CO)nnc1SCc1ncc(-c2ccccc2)s1. The maximum absolute atomic E-state index is 9.10. The zero-order chi connectivity index (χ0) is 14.7. The highest BCUT2D eigenvalue weighted by Gasteiger charge is 2.10. The molecule has 0 saturated heterocycles. The van der Waals surface area contributed by atoms with Crippen LogP contribution in [0.25, 0.3) is 10.4 Å². The number of rotatable bonds is 5. The summed E-state index contributed by atoms with van der Waals surface area (Å²) < 4.78 is 1.80. The Morgan fingerprint density at radius 2 is 2.05 bits per heavy atom. The minimum atomic E-state index is -0.0978. The summed E-state index contributed by atoms with van der Waals surface area (Å²) in [5.74, 6) is 1.32. The lowest BCUT2D eigenvalue weighted by Crippen LogP contribution is -1.98. The molecule has 5 nitrogen and oxygen atoms in total. The van der Waals surface area contributed by atoms with E-state index in [4.69, 9.17) is 5.11 Å². The first-order valence-electron chi connectivity index (χ1n) is 6.40. The zero-order valence-corrected chi connectivity index (χ0v) is 13.1. The average molecular weight is 318 g/mol. The van der Waals surface area contributed by atoms with Crippen LogP contribution < -0.4 is 0 Å². The number of aliphatic hydroxyl groups excluding tert-OH is 1. The van der Waals surface area contributed by atoms with Gasteiger partial charge in [-0.1, -0.05) is 42.1 Å². The average Bonchev–Trinajstić information content (AvgIpc) is 3.13. The quantitative estimate of drug-likeness (QED) is 0.733. The summed E-state index contributed by atoms with van der Waals surface area (Å²) >= 11 is 3.26. The molecule has 1 aromatic carbocycles. The summed E-state index contributed by atoms with van der Waals surface area (Å²) in [7, 11) is 1.85. The molecule has 0 aliphatic carbocycles. The van der Waals surface area contributed by atoms with Gasteiger partial charge in [0, 0.05) is 13.2 Å². The number of hydrogen-bond acceptors (Lipinski definition) is 6. The number of nitrogens with zero attached hydrogens (tertiary/aromatic N) is 4. The Balaban J connectivity index is 1.69. The van der Waals surface area contributed by atoms with Gasteiger partial charge in [0.05, 0.1) is 10.6 Å². The van der Waals surface area contributed by atoms with Crippen molar-refractivity contribution < 1.29 is 5.11 Å². The topological polar surface area (TPSA) is 63.8 Å². The highest BCUT2D eigenvalue weighted by atomic mass is 32.2. The second-order valence-electron chi connectivity index (χ2n) is 4.39. The molecule has 7 heteroatoms. The van der Waals surface area contributed by atoms with E-state index in [1.165, 1.54) is 10.4 Å². The largest absolute Gasteiger partial charge is 0.388 e. The lowest BCUT2D eigenvalue weighted by atomic mass is 10.2. The maximum atomic E-state index is 9.10. The van der Waals surface area contributed by atoms with Crippen LogP contribution in [0.4, 0.5) is 0 Å². The number of aliphatic hydroxyl groups is 1. The van der Waals surface area contributed by atoms with Crippen LogP contribution in [0.1, 0.15) is 10.8 Å². The van der Waals surface area contributed by atoms with Crippen LogP contribution in [0.3, 0.4) is 0 Å². The van der Waals surface area contributed by atoms with Gasteiger partial charge in [0.1, 0.15) is 11.6 Å². The van der Waals surface area contributed by atoms with Crippen molar-refractivity contribution in [2.24, 2.45) is 7.05 Å². The molecule has 0 atom stereocenters. The Kier molecular flexibility index (Phi) is 4.33. The molecule has 1 N–H and O–H groups in total. The summed E-state index contributed by atoms with van der Waals surface area (Å²) in [5.41, 5.74) is 1.19. The van der Waals surface area contributed by atoms with E-state index in [0.29, 0.717) is 5.82 Å². The van der Waals surface area contributed by atoms with Crippen molar-refractivity contribution in [2.75, 3.05) is 0 Å². The van der Waals surface area contributed by atoms with Crippen LogP contribution >= 0.6 is 23.1 Å². The first-order valence-corrected chi connectivity index (χ1v) is 8.20. The molecule has 0 aliphatic heterocycles. The molecule has 0 bridgehead atoms. The summed E-state index contributed by atoms with van der Waals surface area (Å²) in [6.45, 7) is -0.0978. The predicted octanol–water partition coefficient (Wildman–Crippen LogP) is 2.72. The van der Waals surface area contributed by atoms with Gasteiger partial charge < -0.3 is 9.67 Å². The molecule has 0 spiro atoms. The van der Waals surface area contributed by atoms with Gasteiger partial charge in [0.15, 0.2) is 11.0 Å². The van der Waals surface area contributed by atoms with Crippen molar-refractivity contribution in [3.05, 3.63) is 47.4 Å². The Hall–Kier alpha value is -1.70. The molecule has 0 radical (unpaired) electrons. The van der Waals surface area contributed by atoms with Crippen LogP contribution in [0.5, 0.6) is 0 Å². The van der Waals surface area contributed by atoms with Crippen molar-refractivity contribution >= 4 is 23.1 Å². The Morgan fingerprint density at radius 1 is 1.24 bits per heavy atom. The van der Waals surface area contributed by atoms with E-state index in [-0.39, 0.29) is 6.61 Å². The summed E-state index contributed by atoms with van der Waals surface area (Å²) in [5, 5.41) is 18.9. The van der Waals surface area contributed by atoms with Gasteiger partial charge in [0.25, 0.3) is 0 Å². The van der Waals surface area contributed by atoms with Gasteiger partial charge in [-0.15, -0.1) is 21.5 Å². The fraction of sp³-hybridized carbons (Fsp3) is 0.214. The standard InChI is InChI=1S/C14H14N4OS2/c1-18-12(8-19)16-17-14(18)20-9-13-15-7-11(21-13)10-5-3-2-4-6-10/h2-7,19H,8-9H2,1H3. The fourth-order valence-electron chi connectivity index (χ4n) is 1.85. The smallest absolute Gasteiger partial charge is 0.191 e. The normalized spacial score (nSPS) is 11.0. The minimum Gasteiger partial charge on any atom is -0.388 e. The van der Waals surface area contributed by atoms with Gasteiger partial charge in [-0.05, 0) is 5.56 Å². The molecule has 3 aromatic rings. The van der Waals surface area contributed by atoms with Crippen molar-refractivity contribution in [1.29, 1.82) is 0 Å². The van der Waals surface area contributed by atoms with Crippen molar-refractivity contribution in [3.63, 3.8) is 0 Å². The van der Waals surface area contributed by atoms with Crippen LogP contribution in [-0.2, 0) is 19.4 Å². The molecule has 2 heterocycles. The molecule has 0 unspecified atom stereocenters. The van der Waals surface area contributed by atoms with Gasteiger partial charge in [-0.25, -0.2) is 4.98 Å². The van der Waals surface area contributed by atoms with Gasteiger partial charge in [-0.3, -0.25) is 0 Å². The summed E-state index contributed by atoms with van der Waals surface area (Å²) in [4.78, 5) is 5.62. The van der Waals surface area contributed by atoms with E-state index in [1.54, 1.807) is 27.7 Å². The van der Waals surface area contributed by atoms with E-state index in [1.807, 2.05) is 31.4 Å². The molecule has 2 aromatic heterocycles. The molecule has 0 aliphatic rings. The summed E-state index contributed by atoms with van der Waals surface area (Å²) in [6.07, 6.45) is 1.91. The predicted molar refractivity (Wildman–Crippen MR) is 84.0 cm³/mol. The summed E-state index contributed by atoms with van der Waals surface area (Å²) in [6, 6.07) is 10.2.